The lowest BCUT2D eigenvalue weighted by Crippen LogP contribution is -2.27. The van der Waals surface area contributed by atoms with E-state index in [9.17, 15) is 4.79 Å². The molecule has 6 nitrogen and oxygen atoms in total. The van der Waals surface area contributed by atoms with Gasteiger partial charge in [-0.2, -0.15) is 0 Å². The van der Waals surface area contributed by atoms with Gasteiger partial charge in [0.1, 0.15) is 0 Å². The van der Waals surface area contributed by atoms with Crippen LogP contribution in [0.4, 0.5) is 11.6 Å². The predicted molar refractivity (Wildman–Crippen MR) is 116 cm³/mol. The van der Waals surface area contributed by atoms with Gasteiger partial charge in [-0.1, -0.05) is 32.0 Å². The van der Waals surface area contributed by atoms with Crippen molar-refractivity contribution >= 4 is 28.6 Å². The number of nitrogens with zero attached hydrogens (tertiary/aromatic N) is 4. The fourth-order valence-electron chi connectivity index (χ4n) is 3.28. The average molecular weight is 380 g/mol. The van der Waals surface area contributed by atoms with Gasteiger partial charge in [-0.3, -0.25) is 10.1 Å². The van der Waals surface area contributed by atoms with Gasteiger partial charge in [-0.25, -0.2) is 4.98 Å². The van der Waals surface area contributed by atoms with Gasteiger partial charge in [0.05, 0.1) is 11.0 Å². The first-order valence-corrected chi connectivity index (χ1v) is 9.79. The summed E-state index contributed by atoms with van der Waals surface area (Å²) in [5.41, 5.74) is 3.53. The number of likely N-dealkylation sites (N-methyl/N-ethyl adjacent to an activating group) is 1. The van der Waals surface area contributed by atoms with Crippen LogP contribution in [0, 0.1) is 0 Å². The van der Waals surface area contributed by atoms with E-state index < -0.39 is 0 Å². The second-order valence-electron chi connectivity index (χ2n) is 7.00. The third kappa shape index (κ3) is 4.34. The number of benzene rings is 2. The second kappa shape index (κ2) is 8.89. The van der Waals surface area contributed by atoms with Crippen LogP contribution in [-0.2, 0) is 6.54 Å². The van der Waals surface area contributed by atoms with Gasteiger partial charge in [0.2, 0.25) is 5.95 Å². The van der Waals surface area contributed by atoms with Crippen molar-refractivity contribution in [3.05, 3.63) is 54.1 Å². The molecule has 1 N–H and O–H groups in total. The first-order valence-electron chi connectivity index (χ1n) is 9.79. The summed E-state index contributed by atoms with van der Waals surface area (Å²) >= 11 is 0. The molecule has 0 spiro atoms. The summed E-state index contributed by atoms with van der Waals surface area (Å²) in [6.45, 7) is 8.01. The SMILES string of the molecule is CCN(CC)CCn1c(NC(=O)c2cccc(N(C)C)c2)nc2ccccc21. The summed E-state index contributed by atoms with van der Waals surface area (Å²) in [6, 6.07) is 15.6. The molecule has 0 aliphatic heterocycles. The summed E-state index contributed by atoms with van der Waals surface area (Å²) < 4.78 is 2.10. The van der Waals surface area contributed by atoms with E-state index >= 15 is 0 Å². The molecule has 0 saturated heterocycles. The third-order valence-corrected chi connectivity index (χ3v) is 5.04. The minimum atomic E-state index is -0.150. The monoisotopic (exact) mass is 379 g/mol. The van der Waals surface area contributed by atoms with Crippen LogP contribution in [0.5, 0.6) is 0 Å². The Morgan fingerprint density at radius 2 is 1.82 bits per heavy atom. The van der Waals surface area contributed by atoms with Crippen molar-refractivity contribution in [1.82, 2.24) is 14.5 Å². The van der Waals surface area contributed by atoms with Gasteiger partial charge in [0.25, 0.3) is 5.91 Å². The lowest BCUT2D eigenvalue weighted by molar-refractivity contribution is 0.102. The number of anilines is 2. The largest absolute Gasteiger partial charge is 0.378 e. The zero-order valence-corrected chi connectivity index (χ0v) is 17.1. The maximum absolute atomic E-state index is 12.9. The molecular formula is C22H29N5O. The number of carbonyl (C=O) groups is 1. The maximum atomic E-state index is 12.9. The van der Waals surface area contributed by atoms with Crippen molar-refractivity contribution in [3.8, 4) is 0 Å². The van der Waals surface area contributed by atoms with Gasteiger partial charge >= 0.3 is 0 Å². The highest BCUT2D eigenvalue weighted by Gasteiger charge is 2.15. The second-order valence-corrected chi connectivity index (χ2v) is 7.00. The molecule has 148 valence electrons. The number of carbonyl (C=O) groups excluding carboxylic acids is 1. The number of para-hydroxylation sites is 2. The van der Waals surface area contributed by atoms with Crippen LogP contribution in [0.1, 0.15) is 24.2 Å². The van der Waals surface area contributed by atoms with Crippen LogP contribution in [0.2, 0.25) is 0 Å². The Morgan fingerprint density at radius 1 is 1.07 bits per heavy atom. The van der Waals surface area contributed by atoms with Gasteiger partial charge in [-0.05, 0) is 43.4 Å². The first-order chi connectivity index (χ1) is 13.5. The molecule has 0 saturated carbocycles. The van der Waals surface area contributed by atoms with Crippen molar-refractivity contribution in [3.63, 3.8) is 0 Å². The first kappa shape index (κ1) is 19.9. The number of amides is 1. The zero-order chi connectivity index (χ0) is 20.1. The van der Waals surface area contributed by atoms with Crippen LogP contribution in [-0.4, -0.2) is 54.1 Å². The van der Waals surface area contributed by atoms with Crippen LogP contribution in [0.25, 0.3) is 11.0 Å². The standard InChI is InChI=1S/C22H29N5O/c1-5-26(6-2)14-15-27-20-13-8-7-12-19(20)23-22(27)24-21(28)17-10-9-11-18(16-17)25(3)4/h7-13,16H,5-6,14-15H2,1-4H3,(H,23,24,28). The fraction of sp³-hybridized carbons (Fsp3) is 0.364. The fourth-order valence-corrected chi connectivity index (χ4v) is 3.28. The van der Waals surface area contributed by atoms with E-state index in [-0.39, 0.29) is 5.91 Å². The minimum Gasteiger partial charge on any atom is -0.378 e. The van der Waals surface area contributed by atoms with Crippen LogP contribution in [0.3, 0.4) is 0 Å². The topological polar surface area (TPSA) is 53.4 Å². The highest BCUT2D eigenvalue weighted by molar-refractivity contribution is 6.04. The van der Waals surface area contributed by atoms with E-state index in [1.165, 1.54) is 0 Å². The Morgan fingerprint density at radius 3 is 2.54 bits per heavy atom. The molecule has 1 heterocycles. The summed E-state index contributed by atoms with van der Waals surface area (Å²) in [5, 5.41) is 3.02. The van der Waals surface area contributed by atoms with Crippen LogP contribution >= 0.6 is 0 Å². The molecule has 6 heteroatoms. The average Bonchev–Trinajstić information content (AvgIpc) is 3.06. The van der Waals surface area contributed by atoms with E-state index in [0.717, 1.165) is 42.9 Å². The van der Waals surface area contributed by atoms with Gasteiger partial charge in [0.15, 0.2) is 0 Å². The van der Waals surface area contributed by atoms with Gasteiger partial charge in [-0.15, -0.1) is 0 Å². The van der Waals surface area contributed by atoms with Crippen molar-refractivity contribution in [2.45, 2.75) is 20.4 Å². The van der Waals surface area contributed by atoms with Crippen LogP contribution < -0.4 is 10.2 Å². The Hall–Kier alpha value is -2.86. The molecule has 0 aliphatic rings. The number of rotatable bonds is 8. The number of imidazole rings is 1. The van der Waals surface area contributed by atoms with Crippen LogP contribution in [0.15, 0.2) is 48.5 Å². The molecule has 0 radical (unpaired) electrons. The van der Waals surface area contributed by atoms with Gasteiger partial charge < -0.3 is 14.4 Å². The molecular weight excluding hydrogens is 350 g/mol. The summed E-state index contributed by atoms with van der Waals surface area (Å²) in [6.07, 6.45) is 0. The lowest BCUT2D eigenvalue weighted by Gasteiger charge is -2.19. The molecule has 0 unspecified atom stereocenters. The molecule has 3 rings (SSSR count). The molecule has 0 fully saturated rings. The Labute approximate surface area is 166 Å². The normalized spacial score (nSPS) is 11.2. The van der Waals surface area contributed by atoms with Gasteiger partial charge in [0, 0.05) is 38.4 Å². The molecule has 1 aromatic heterocycles. The highest BCUT2D eigenvalue weighted by Crippen LogP contribution is 2.21. The minimum absolute atomic E-state index is 0.150. The van der Waals surface area contributed by atoms with Crippen molar-refractivity contribution in [2.75, 3.05) is 43.9 Å². The zero-order valence-electron chi connectivity index (χ0n) is 17.1. The highest BCUT2D eigenvalue weighted by atomic mass is 16.1. The molecule has 0 aliphatic carbocycles. The van der Waals surface area contributed by atoms with E-state index in [1.54, 1.807) is 0 Å². The Balaban J connectivity index is 1.88. The summed E-state index contributed by atoms with van der Waals surface area (Å²) in [7, 11) is 3.92. The van der Waals surface area contributed by atoms with E-state index in [2.05, 4.69) is 33.6 Å². The van der Waals surface area contributed by atoms with E-state index in [0.29, 0.717) is 11.5 Å². The molecule has 0 bridgehead atoms. The van der Waals surface area contributed by atoms with Crippen molar-refractivity contribution in [2.24, 2.45) is 0 Å². The predicted octanol–water partition coefficient (Wildman–Crippen LogP) is 3.70. The number of hydrogen-bond donors (Lipinski definition) is 1. The summed E-state index contributed by atoms with van der Waals surface area (Å²) in [4.78, 5) is 21.9. The molecule has 28 heavy (non-hydrogen) atoms. The molecule has 3 aromatic rings. The molecule has 1 amide bonds. The van der Waals surface area contributed by atoms with E-state index in [4.69, 9.17) is 0 Å². The lowest BCUT2D eigenvalue weighted by atomic mass is 10.2. The number of aromatic nitrogens is 2. The Bertz CT molecular complexity index is 943. The molecule has 0 atom stereocenters. The number of fused-ring (bicyclic) bond motifs is 1. The summed E-state index contributed by atoms with van der Waals surface area (Å²) in [5.74, 6) is 0.441. The smallest absolute Gasteiger partial charge is 0.258 e. The number of hydrogen-bond acceptors (Lipinski definition) is 4. The van der Waals surface area contributed by atoms with Crippen molar-refractivity contribution in [1.29, 1.82) is 0 Å². The van der Waals surface area contributed by atoms with E-state index in [1.807, 2.05) is 67.5 Å². The molecule has 2 aromatic carbocycles. The number of nitrogens with one attached hydrogen (secondary N) is 1. The third-order valence-electron chi connectivity index (χ3n) is 5.04. The maximum Gasteiger partial charge on any atom is 0.258 e. The quantitative estimate of drug-likeness (QED) is 0.648. The Kier molecular flexibility index (Phi) is 6.31. The van der Waals surface area contributed by atoms with Crippen molar-refractivity contribution < 1.29 is 4.79 Å².